The number of rotatable bonds is 7. The van der Waals surface area contributed by atoms with Crippen molar-refractivity contribution in [2.45, 2.75) is 20.0 Å². The van der Waals surface area contributed by atoms with Crippen LogP contribution in [0.3, 0.4) is 0 Å². The summed E-state index contributed by atoms with van der Waals surface area (Å²) in [5, 5.41) is 11.1. The van der Waals surface area contributed by atoms with E-state index in [1.165, 1.54) is 12.1 Å². The lowest BCUT2D eigenvalue weighted by Gasteiger charge is -2.12. The molecule has 0 saturated carbocycles. The predicted molar refractivity (Wildman–Crippen MR) is 125 cm³/mol. The first-order valence-corrected chi connectivity index (χ1v) is 10.6. The normalized spacial score (nSPS) is 10.8. The van der Waals surface area contributed by atoms with Gasteiger partial charge in [0.2, 0.25) is 5.62 Å². The number of hydrogen-bond acceptors (Lipinski definition) is 5. The average molecular weight is 461 g/mol. The van der Waals surface area contributed by atoms with Crippen molar-refractivity contribution in [3.63, 3.8) is 0 Å². The van der Waals surface area contributed by atoms with Gasteiger partial charge in [-0.2, -0.15) is 0 Å². The van der Waals surface area contributed by atoms with E-state index in [0.717, 1.165) is 11.1 Å². The van der Waals surface area contributed by atoms with Crippen LogP contribution >= 0.6 is 0 Å². The zero-order chi connectivity index (χ0) is 24.2. The largest absolute Gasteiger partial charge is 0.497 e. The second-order valence-electron chi connectivity index (χ2n) is 7.94. The summed E-state index contributed by atoms with van der Waals surface area (Å²) in [5.41, 5.74) is 4.00. The molecule has 1 aromatic carbocycles. The Hall–Kier alpha value is -4.27. The highest BCUT2D eigenvalue weighted by Crippen LogP contribution is 2.24. The van der Waals surface area contributed by atoms with Crippen LogP contribution in [0, 0.1) is 18.2 Å². The molecule has 2 N–H and O–H groups in total. The monoisotopic (exact) mass is 460 g/mol. The molecule has 3 aromatic heterocycles. The Labute approximate surface area is 196 Å². The highest BCUT2D eigenvalue weighted by atomic mass is 19.1. The van der Waals surface area contributed by atoms with Crippen LogP contribution in [0.4, 0.5) is 4.39 Å². The van der Waals surface area contributed by atoms with Gasteiger partial charge >= 0.3 is 0 Å². The van der Waals surface area contributed by atoms with E-state index in [-0.39, 0.29) is 24.0 Å². The van der Waals surface area contributed by atoms with Crippen LogP contribution in [0.25, 0.3) is 11.3 Å². The first kappa shape index (κ1) is 22.9. The number of halogens is 1. The van der Waals surface area contributed by atoms with Crippen LogP contribution in [0.5, 0.6) is 5.75 Å². The summed E-state index contributed by atoms with van der Waals surface area (Å²) < 4.78 is 22.3. The van der Waals surface area contributed by atoms with Gasteiger partial charge in [0.1, 0.15) is 17.3 Å². The SMILES string of the molecule is COc1ccnc(CNC(=O)c2cc(Cn3ccn(C)c3=N)cc(-c3ccc(F)cc3C)n2)c1. The van der Waals surface area contributed by atoms with Crippen molar-refractivity contribution in [3.05, 3.63) is 95.0 Å². The highest BCUT2D eigenvalue weighted by Gasteiger charge is 2.14. The van der Waals surface area contributed by atoms with E-state index in [0.29, 0.717) is 34.9 Å². The van der Waals surface area contributed by atoms with Gasteiger partial charge in [0.15, 0.2) is 0 Å². The molecule has 0 aliphatic heterocycles. The fourth-order valence-corrected chi connectivity index (χ4v) is 3.64. The molecule has 0 radical (unpaired) electrons. The Morgan fingerprint density at radius 1 is 1.18 bits per heavy atom. The molecule has 1 amide bonds. The zero-order valence-electron chi connectivity index (χ0n) is 19.2. The van der Waals surface area contributed by atoms with E-state index in [9.17, 15) is 9.18 Å². The van der Waals surface area contributed by atoms with E-state index in [1.807, 2.05) is 6.07 Å². The molecule has 3 heterocycles. The molecule has 0 bridgehead atoms. The van der Waals surface area contributed by atoms with Gasteiger partial charge in [-0.1, -0.05) is 0 Å². The fraction of sp³-hybridized carbons (Fsp3) is 0.200. The van der Waals surface area contributed by atoms with Gasteiger partial charge in [-0.3, -0.25) is 15.2 Å². The molecule has 0 fully saturated rings. The molecule has 0 atom stereocenters. The van der Waals surface area contributed by atoms with Gasteiger partial charge in [0.05, 0.1) is 31.6 Å². The molecule has 0 saturated heterocycles. The summed E-state index contributed by atoms with van der Waals surface area (Å²) in [5.74, 6) is -0.0454. The maximum absolute atomic E-state index is 13.7. The molecule has 0 unspecified atom stereocenters. The predicted octanol–water partition coefficient (Wildman–Crippen LogP) is 3.20. The summed E-state index contributed by atoms with van der Waals surface area (Å²) in [6, 6.07) is 11.5. The average Bonchev–Trinajstić information content (AvgIpc) is 3.14. The smallest absolute Gasteiger partial charge is 0.270 e. The van der Waals surface area contributed by atoms with Crippen molar-refractivity contribution in [2.24, 2.45) is 7.05 Å². The third-order valence-corrected chi connectivity index (χ3v) is 5.47. The summed E-state index contributed by atoms with van der Waals surface area (Å²) in [6.45, 7) is 2.39. The van der Waals surface area contributed by atoms with Crippen LogP contribution in [-0.2, 0) is 20.1 Å². The molecule has 4 aromatic rings. The lowest BCUT2D eigenvalue weighted by Crippen LogP contribution is -2.25. The summed E-state index contributed by atoms with van der Waals surface area (Å²) in [7, 11) is 3.36. The lowest BCUT2D eigenvalue weighted by atomic mass is 10.0. The highest BCUT2D eigenvalue weighted by molar-refractivity contribution is 5.93. The number of amides is 1. The molecule has 8 nitrogen and oxygen atoms in total. The number of hydrogen-bond donors (Lipinski definition) is 2. The van der Waals surface area contributed by atoms with Crippen LogP contribution in [0.15, 0.2) is 61.1 Å². The summed E-state index contributed by atoms with van der Waals surface area (Å²) in [6.07, 6.45) is 5.22. The number of imidazole rings is 1. The topological polar surface area (TPSA) is 97.8 Å². The Bertz CT molecular complexity index is 1410. The Kier molecular flexibility index (Phi) is 6.53. The third kappa shape index (κ3) is 5.03. The van der Waals surface area contributed by atoms with Crippen molar-refractivity contribution in [1.82, 2.24) is 24.4 Å². The number of nitrogens with one attached hydrogen (secondary N) is 2. The third-order valence-electron chi connectivity index (χ3n) is 5.47. The van der Waals surface area contributed by atoms with Crippen LogP contribution in [0.1, 0.15) is 27.3 Å². The Balaban J connectivity index is 1.67. The summed E-state index contributed by atoms with van der Waals surface area (Å²) >= 11 is 0. The second kappa shape index (κ2) is 9.70. The molecule has 34 heavy (non-hydrogen) atoms. The molecule has 4 rings (SSSR count). The van der Waals surface area contributed by atoms with Crippen molar-refractivity contribution < 1.29 is 13.9 Å². The minimum atomic E-state index is -0.364. The van der Waals surface area contributed by atoms with Gasteiger partial charge < -0.3 is 19.2 Å². The van der Waals surface area contributed by atoms with E-state index in [2.05, 4.69) is 15.3 Å². The number of carbonyl (C=O) groups is 1. The van der Waals surface area contributed by atoms with Gasteiger partial charge in [0.25, 0.3) is 5.91 Å². The first-order chi connectivity index (χ1) is 16.3. The number of benzene rings is 1. The van der Waals surface area contributed by atoms with Gasteiger partial charge in [0, 0.05) is 37.3 Å². The molecule has 0 spiro atoms. The van der Waals surface area contributed by atoms with Crippen LogP contribution in [0.2, 0.25) is 0 Å². The molecular formula is C25H25FN6O2. The molecule has 0 aliphatic carbocycles. The van der Waals surface area contributed by atoms with E-state index in [1.54, 1.807) is 73.1 Å². The lowest BCUT2D eigenvalue weighted by molar-refractivity contribution is 0.0945. The first-order valence-electron chi connectivity index (χ1n) is 10.6. The van der Waals surface area contributed by atoms with Crippen molar-refractivity contribution in [3.8, 4) is 17.0 Å². The van der Waals surface area contributed by atoms with E-state index < -0.39 is 0 Å². The quantitative estimate of drug-likeness (QED) is 0.443. The van der Waals surface area contributed by atoms with Crippen LogP contribution in [-0.4, -0.2) is 32.1 Å². The fourth-order valence-electron chi connectivity index (χ4n) is 3.64. The van der Waals surface area contributed by atoms with Gasteiger partial charge in [-0.25, -0.2) is 9.37 Å². The van der Waals surface area contributed by atoms with Gasteiger partial charge in [-0.15, -0.1) is 0 Å². The number of ether oxygens (including phenoxy) is 1. The van der Waals surface area contributed by atoms with Crippen molar-refractivity contribution in [2.75, 3.05) is 7.11 Å². The number of methoxy groups -OCH3 is 1. The zero-order valence-corrected chi connectivity index (χ0v) is 19.2. The summed E-state index contributed by atoms with van der Waals surface area (Å²) in [4.78, 5) is 21.8. The number of nitrogens with zero attached hydrogens (tertiary/aromatic N) is 4. The van der Waals surface area contributed by atoms with Crippen molar-refractivity contribution >= 4 is 5.91 Å². The maximum Gasteiger partial charge on any atom is 0.270 e. The van der Waals surface area contributed by atoms with E-state index >= 15 is 0 Å². The molecular weight excluding hydrogens is 435 g/mol. The van der Waals surface area contributed by atoms with Crippen LogP contribution < -0.4 is 15.7 Å². The number of aryl methyl sites for hydroxylation is 2. The molecule has 174 valence electrons. The van der Waals surface area contributed by atoms with Gasteiger partial charge in [-0.05, 0) is 54.4 Å². The number of carbonyl (C=O) groups excluding carboxylic acids is 1. The number of pyridine rings is 2. The standard InChI is InChI=1S/C25H25FN6O2/c1-16-10-18(26)4-5-21(16)22-11-17(15-32-9-8-31(2)25(32)27)12-23(30-22)24(33)29-14-19-13-20(34-3)6-7-28-19/h4-13,27H,14-15H2,1-3H3,(H,29,33). The molecule has 0 aliphatic rings. The minimum absolute atomic E-state index is 0.206. The molecule has 9 heteroatoms. The van der Waals surface area contributed by atoms with E-state index in [4.69, 9.17) is 10.1 Å². The van der Waals surface area contributed by atoms with Crippen molar-refractivity contribution in [1.29, 1.82) is 5.41 Å². The Morgan fingerprint density at radius 3 is 2.71 bits per heavy atom. The Morgan fingerprint density at radius 2 is 2.00 bits per heavy atom. The maximum atomic E-state index is 13.7. The number of aromatic nitrogens is 4. The minimum Gasteiger partial charge on any atom is -0.497 e. The second-order valence-corrected chi connectivity index (χ2v) is 7.94.